The number of aliphatic hydroxyl groups excluding tert-OH is 1. The van der Waals surface area contributed by atoms with Crippen LogP contribution in [0.5, 0.6) is 0 Å². The molecular formula is C43H76O5. The van der Waals surface area contributed by atoms with Crippen molar-refractivity contribution in [2.24, 2.45) is 0 Å². The standard InChI is InChI=1S/C43H76O5/c1-3-5-7-9-11-13-15-17-19-20-21-22-24-26-28-30-32-34-36-38-43(46)48-41(39-44)40-47-42(45)37-35-33-31-29-27-25-23-18-16-14-12-10-8-6-4-2/h11,13,17-19,21-23,41,44H,3-10,12,14-16,20,24-40H2,1-2H3/b13-11-,19-17-,22-21-,23-18-. The van der Waals surface area contributed by atoms with Gasteiger partial charge in [0.05, 0.1) is 6.61 Å². The Morgan fingerprint density at radius 3 is 1.31 bits per heavy atom. The molecular weight excluding hydrogens is 596 g/mol. The van der Waals surface area contributed by atoms with Gasteiger partial charge in [-0.25, -0.2) is 0 Å². The van der Waals surface area contributed by atoms with Crippen molar-refractivity contribution in [1.29, 1.82) is 0 Å². The highest BCUT2D eigenvalue weighted by molar-refractivity contribution is 5.70. The van der Waals surface area contributed by atoms with E-state index in [1.807, 2.05) is 0 Å². The van der Waals surface area contributed by atoms with E-state index < -0.39 is 6.10 Å². The average molecular weight is 673 g/mol. The van der Waals surface area contributed by atoms with Gasteiger partial charge in [0.15, 0.2) is 6.10 Å². The average Bonchev–Trinajstić information content (AvgIpc) is 3.09. The molecule has 0 heterocycles. The predicted molar refractivity (Wildman–Crippen MR) is 205 cm³/mol. The molecule has 48 heavy (non-hydrogen) atoms. The second-order valence-electron chi connectivity index (χ2n) is 13.4. The van der Waals surface area contributed by atoms with Crippen LogP contribution in [0.15, 0.2) is 48.6 Å². The molecule has 1 N–H and O–H groups in total. The van der Waals surface area contributed by atoms with Gasteiger partial charge in [0, 0.05) is 12.8 Å². The van der Waals surface area contributed by atoms with Crippen LogP contribution in [0.3, 0.4) is 0 Å². The van der Waals surface area contributed by atoms with Crippen LogP contribution in [0.4, 0.5) is 0 Å². The van der Waals surface area contributed by atoms with Crippen molar-refractivity contribution in [1.82, 2.24) is 0 Å². The summed E-state index contributed by atoms with van der Waals surface area (Å²) in [5, 5.41) is 9.56. The molecule has 0 radical (unpaired) electrons. The van der Waals surface area contributed by atoms with E-state index in [1.165, 1.54) is 103 Å². The summed E-state index contributed by atoms with van der Waals surface area (Å²) in [6.45, 7) is 4.08. The summed E-state index contributed by atoms with van der Waals surface area (Å²) < 4.78 is 10.6. The van der Waals surface area contributed by atoms with Crippen LogP contribution >= 0.6 is 0 Å². The molecule has 0 amide bonds. The Hall–Kier alpha value is -2.14. The van der Waals surface area contributed by atoms with E-state index in [4.69, 9.17) is 9.47 Å². The lowest BCUT2D eigenvalue weighted by molar-refractivity contribution is -0.161. The van der Waals surface area contributed by atoms with E-state index in [0.29, 0.717) is 12.8 Å². The van der Waals surface area contributed by atoms with Crippen LogP contribution in [0.2, 0.25) is 0 Å². The van der Waals surface area contributed by atoms with Gasteiger partial charge in [0.2, 0.25) is 0 Å². The second kappa shape index (κ2) is 39.3. The summed E-state index contributed by atoms with van der Waals surface area (Å²) in [7, 11) is 0. The molecule has 0 aliphatic carbocycles. The van der Waals surface area contributed by atoms with Gasteiger partial charge in [-0.2, -0.15) is 0 Å². The molecule has 0 bridgehead atoms. The summed E-state index contributed by atoms with van der Waals surface area (Å²) in [6, 6.07) is 0. The quantitative estimate of drug-likeness (QED) is 0.0407. The number of allylic oxidation sites excluding steroid dienone is 8. The number of rotatable bonds is 36. The lowest BCUT2D eigenvalue weighted by atomic mass is 10.1. The molecule has 278 valence electrons. The van der Waals surface area contributed by atoms with Crippen molar-refractivity contribution >= 4 is 11.9 Å². The maximum atomic E-state index is 12.2. The molecule has 0 spiro atoms. The SMILES string of the molecule is CCCCC/C=C\C/C=C\C/C=C\CCCCCCCCC(=O)OC(CO)COC(=O)CCCCCCC/C=C\CCCCCCCC. The number of esters is 2. The van der Waals surface area contributed by atoms with E-state index in [0.717, 1.165) is 64.2 Å². The number of unbranched alkanes of at least 4 members (excludes halogenated alkanes) is 20. The fraction of sp³-hybridized carbons (Fsp3) is 0.767. The van der Waals surface area contributed by atoms with E-state index in [9.17, 15) is 14.7 Å². The first-order chi connectivity index (χ1) is 23.6. The van der Waals surface area contributed by atoms with E-state index >= 15 is 0 Å². The number of hydrogen-bond acceptors (Lipinski definition) is 5. The number of hydrogen-bond donors (Lipinski definition) is 1. The molecule has 0 aliphatic heterocycles. The minimum Gasteiger partial charge on any atom is -0.462 e. The predicted octanol–water partition coefficient (Wildman–Crippen LogP) is 12.6. The molecule has 5 heteroatoms. The second-order valence-corrected chi connectivity index (χ2v) is 13.4. The van der Waals surface area contributed by atoms with Crippen LogP contribution < -0.4 is 0 Å². The summed E-state index contributed by atoms with van der Waals surface area (Å²) in [4.78, 5) is 24.3. The minimum atomic E-state index is -0.781. The molecule has 0 rings (SSSR count). The number of carbonyl (C=O) groups is 2. The lowest BCUT2D eigenvalue weighted by Crippen LogP contribution is -2.28. The first-order valence-corrected chi connectivity index (χ1v) is 20.2. The zero-order chi connectivity index (χ0) is 35.0. The summed E-state index contributed by atoms with van der Waals surface area (Å²) >= 11 is 0. The first-order valence-electron chi connectivity index (χ1n) is 20.2. The van der Waals surface area contributed by atoms with Crippen molar-refractivity contribution in [2.75, 3.05) is 13.2 Å². The zero-order valence-corrected chi connectivity index (χ0v) is 31.5. The highest BCUT2D eigenvalue weighted by Gasteiger charge is 2.16. The van der Waals surface area contributed by atoms with Crippen molar-refractivity contribution in [3.63, 3.8) is 0 Å². The first kappa shape index (κ1) is 45.9. The van der Waals surface area contributed by atoms with Crippen molar-refractivity contribution in [2.45, 2.75) is 200 Å². The Bertz CT molecular complexity index is 812. The van der Waals surface area contributed by atoms with Gasteiger partial charge in [-0.05, 0) is 77.0 Å². The van der Waals surface area contributed by atoms with Crippen LogP contribution in [-0.2, 0) is 19.1 Å². The third kappa shape index (κ3) is 36.7. The van der Waals surface area contributed by atoms with Crippen LogP contribution in [-0.4, -0.2) is 36.4 Å². The lowest BCUT2D eigenvalue weighted by Gasteiger charge is -2.15. The molecule has 0 aromatic carbocycles. The van der Waals surface area contributed by atoms with Gasteiger partial charge in [0.1, 0.15) is 6.61 Å². The molecule has 0 fully saturated rings. The fourth-order valence-electron chi connectivity index (χ4n) is 5.50. The summed E-state index contributed by atoms with van der Waals surface area (Å²) in [5.41, 5.74) is 0. The number of carbonyl (C=O) groups excluding carboxylic acids is 2. The monoisotopic (exact) mass is 673 g/mol. The fourth-order valence-corrected chi connectivity index (χ4v) is 5.50. The Morgan fingerprint density at radius 1 is 0.479 bits per heavy atom. The van der Waals surface area contributed by atoms with Gasteiger partial charge < -0.3 is 14.6 Å². The molecule has 1 atom stereocenters. The van der Waals surface area contributed by atoms with Crippen molar-refractivity contribution in [3.8, 4) is 0 Å². The van der Waals surface area contributed by atoms with Crippen molar-refractivity contribution < 1.29 is 24.2 Å². The number of ether oxygens (including phenoxy) is 2. The minimum absolute atomic E-state index is 0.0760. The van der Waals surface area contributed by atoms with E-state index in [1.54, 1.807) is 0 Å². The van der Waals surface area contributed by atoms with Crippen LogP contribution in [0, 0.1) is 0 Å². The highest BCUT2D eigenvalue weighted by Crippen LogP contribution is 2.12. The Kier molecular flexibility index (Phi) is 37.5. The van der Waals surface area contributed by atoms with Gasteiger partial charge >= 0.3 is 11.9 Å². The van der Waals surface area contributed by atoms with Gasteiger partial charge in [-0.15, -0.1) is 0 Å². The number of aliphatic hydroxyl groups is 1. The maximum absolute atomic E-state index is 12.2. The molecule has 5 nitrogen and oxygen atoms in total. The Morgan fingerprint density at radius 2 is 0.833 bits per heavy atom. The Labute approximate surface area is 297 Å². The molecule has 1 unspecified atom stereocenters. The molecule has 0 saturated heterocycles. The molecule has 0 saturated carbocycles. The smallest absolute Gasteiger partial charge is 0.306 e. The Balaban J connectivity index is 3.60. The summed E-state index contributed by atoms with van der Waals surface area (Å²) in [5.74, 6) is -0.615. The van der Waals surface area contributed by atoms with E-state index in [2.05, 4.69) is 62.5 Å². The van der Waals surface area contributed by atoms with Crippen LogP contribution in [0.25, 0.3) is 0 Å². The van der Waals surface area contributed by atoms with Crippen molar-refractivity contribution in [3.05, 3.63) is 48.6 Å². The van der Waals surface area contributed by atoms with Gasteiger partial charge in [-0.3, -0.25) is 9.59 Å². The molecule has 0 aliphatic rings. The molecule has 0 aromatic rings. The van der Waals surface area contributed by atoms with E-state index in [-0.39, 0.29) is 25.2 Å². The molecule has 0 aromatic heterocycles. The largest absolute Gasteiger partial charge is 0.462 e. The topological polar surface area (TPSA) is 72.8 Å². The van der Waals surface area contributed by atoms with Crippen LogP contribution in [0.1, 0.15) is 194 Å². The third-order valence-electron chi connectivity index (χ3n) is 8.60. The zero-order valence-electron chi connectivity index (χ0n) is 31.5. The maximum Gasteiger partial charge on any atom is 0.306 e. The normalized spacial score (nSPS) is 12.6. The highest BCUT2D eigenvalue weighted by atomic mass is 16.6. The third-order valence-corrected chi connectivity index (χ3v) is 8.60. The van der Waals surface area contributed by atoms with Gasteiger partial charge in [0.25, 0.3) is 0 Å². The summed E-state index contributed by atoms with van der Waals surface area (Å²) in [6.07, 6.45) is 48.8. The van der Waals surface area contributed by atoms with Gasteiger partial charge in [-0.1, -0.05) is 152 Å².